The molecule has 3 heterocycles. The van der Waals surface area contributed by atoms with Crippen LogP contribution >= 0.6 is 0 Å². The minimum absolute atomic E-state index is 0.0580. The van der Waals surface area contributed by atoms with Crippen molar-refractivity contribution in [1.29, 1.82) is 0 Å². The SMILES string of the molecule is CCCCN1C(=O)CCC1=CCC(=O)OC1[C@@H](CO)O[C@@H](n2ccc(=O)[nH]c2=O)[C@H]1O[Si](C(C)C)(C(C)C)C(C)C. The van der Waals surface area contributed by atoms with Crippen LogP contribution in [0.2, 0.25) is 16.6 Å². The van der Waals surface area contributed by atoms with Gasteiger partial charge in [0.05, 0.1) is 13.0 Å². The van der Waals surface area contributed by atoms with Gasteiger partial charge in [0.2, 0.25) is 14.2 Å². The standard InChI is InChI=1S/C29H47N3O8Si/c1-8-9-15-31-21(10-12-24(31)35)11-13-25(36)39-26-22(17-33)38-28(32-16-14-23(34)30-29(32)37)27(26)40-41(18(2)3,19(4)5)20(6)7/h11,14,16,18-20,22,26-28,33H,8-10,12-13,15,17H2,1-7H3,(H,30,34,37)/t22-,26?,27+,28-/m1/s1. The number of esters is 1. The number of rotatable bonds is 13. The highest BCUT2D eigenvalue weighted by atomic mass is 28.4. The lowest BCUT2D eigenvalue weighted by atomic mass is 10.1. The molecular formula is C29H47N3O8Si. The summed E-state index contributed by atoms with van der Waals surface area (Å²) in [6.07, 6.45) is 1.96. The minimum atomic E-state index is -2.60. The molecule has 0 radical (unpaired) electrons. The smallest absolute Gasteiger partial charge is 0.330 e. The maximum atomic E-state index is 13.2. The van der Waals surface area contributed by atoms with E-state index in [4.69, 9.17) is 13.9 Å². The number of allylic oxidation sites excluding steroid dienone is 1. The number of unbranched alkanes of at least 4 members (excludes halogenated alkanes) is 1. The summed E-state index contributed by atoms with van der Waals surface area (Å²) in [7, 11) is -2.60. The molecule has 1 amide bonds. The minimum Gasteiger partial charge on any atom is -0.456 e. The van der Waals surface area contributed by atoms with Gasteiger partial charge in [-0.05, 0) is 29.5 Å². The zero-order valence-corrected chi connectivity index (χ0v) is 26.4. The summed E-state index contributed by atoms with van der Waals surface area (Å²) < 4.78 is 20.4. The quantitative estimate of drug-likeness (QED) is 0.261. The molecule has 12 heteroatoms. The molecule has 0 bridgehead atoms. The maximum Gasteiger partial charge on any atom is 0.330 e. The van der Waals surface area contributed by atoms with Crippen LogP contribution in [0.1, 0.15) is 86.8 Å². The predicted molar refractivity (Wildman–Crippen MR) is 157 cm³/mol. The third-order valence-corrected chi connectivity index (χ3v) is 14.5. The van der Waals surface area contributed by atoms with Crippen LogP contribution in [0.5, 0.6) is 0 Å². The van der Waals surface area contributed by atoms with Gasteiger partial charge in [0.25, 0.3) is 5.56 Å². The summed E-state index contributed by atoms with van der Waals surface area (Å²) in [5, 5.41) is 10.3. The molecule has 2 N–H and O–H groups in total. The fourth-order valence-electron chi connectivity index (χ4n) is 6.48. The molecule has 0 saturated carbocycles. The Hall–Kier alpha value is -2.54. The highest BCUT2D eigenvalue weighted by Crippen LogP contribution is 2.46. The molecule has 2 aliphatic heterocycles. The van der Waals surface area contributed by atoms with Crippen LogP contribution in [0.15, 0.2) is 33.6 Å². The number of amides is 1. The number of aromatic amines is 1. The van der Waals surface area contributed by atoms with Crippen LogP contribution in [0.25, 0.3) is 0 Å². The molecule has 0 aliphatic carbocycles. The van der Waals surface area contributed by atoms with Crippen molar-refractivity contribution >= 4 is 20.2 Å². The second kappa shape index (κ2) is 14.1. The van der Waals surface area contributed by atoms with E-state index in [1.807, 2.05) is 0 Å². The number of hydrogen-bond acceptors (Lipinski definition) is 8. The molecule has 2 fully saturated rings. The number of likely N-dealkylation sites (tertiary alicyclic amines) is 1. The molecule has 1 aromatic heterocycles. The largest absolute Gasteiger partial charge is 0.456 e. The Kier molecular flexibility index (Phi) is 11.3. The van der Waals surface area contributed by atoms with Gasteiger partial charge in [-0.15, -0.1) is 0 Å². The Balaban J connectivity index is 1.96. The number of carbonyl (C=O) groups is 2. The molecule has 2 aliphatic rings. The van der Waals surface area contributed by atoms with Crippen molar-refractivity contribution in [2.45, 2.75) is 122 Å². The monoisotopic (exact) mass is 593 g/mol. The molecular weight excluding hydrogens is 546 g/mol. The van der Waals surface area contributed by atoms with Gasteiger partial charge >= 0.3 is 11.7 Å². The third kappa shape index (κ3) is 7.10. The third-order valence-electron chi connectivity index (χ3n) is 8.39. The predicted octanol–water partition coefficient (Wildman–Crippen LogP) is 3.60. The van der Waals surface area contributed by atoms with E-state index in [-0.39, 0.29) is 29.0 Å². The molecule has 2 saturated heterocycles. The van der Waals surface area contributed by atoms with Gasteiger partial charge in [0.15, 0.2) is 12.3 Å². The van der Waals surface area contributed by atoms with Gasteiger partial charge in [0, 0.05) is 30.9 Å². The van der Waals surface area contributed by atoms with Crippen molar-refractivity contribution < 1.29 is 28.6 Å². The Labute approximate surface area is 243 Å². The second-order valence-corrected chi connectivity index (χ2v) is 17.3. The highest BCUT2D eigenvalue weighted by Gasteiger charge is 2.55. The van der Waals surface area contributed by atoms with E-state index in [0.717, 1.165) is 18.5 Å². The first-order valence-electron chi connectivity index (χ1n) is 14.8. The Morgan fingerprint density at radius 1 is 1.12 bits per heavy atom. The van der Waals surface area contributed by atoms with E-state index in [2.05, 4.69) is 53.5 Å². The van der Waals surface area contributed by atoms with Crippen molar-refractivity contribution in [2.24, 2.45) is 0 Å². The average molecular weight is 594 g/mol. The van der Waals surface area contributed by atoms with Crippen molar-refractivity contribution in [3.05, 3.63) is 44.9 Å². The van der Waals surface area contributed by atoms with Crippen LogP contribution in [0, 0.1) is 0 Å². The van der Waals surface area contributed by atoms with Gasteiger partial charge in [0.1, 0.15) is 12.2 Å². The summed E-state index contributed by atoms with van der Waals surface area (Å²) in [4.78, 5) is 54.1. The van der Waals surface area contributed by atoms with E-state index in [1.54, 1.807) is 11.0 Å². The van der Waals surface area contributed by atoms with Gasteiger partial charge < -0.3 is 23.9 Å². The number of carbonyl (C=O) groups excluding carboxylic acids is 2. The Morgan fingerprint density at radius 3 is 2.34 bits per heavy atom. The zero-order chi connectivity index (χ0) is 30.5. The summed E-state index contributed by atoms with van der Waals surface area (Å²) in [5.74, 6) is -0.490. The fourth-order valence-corrected chi connectivity index (χ4v) is 12.0. The Bertz CT molecular complexity index is 1190. The first-order valence-corrected chi connectivity index (χ1v) is 17.0. The van der Waals surface area contributed by atoms with Crippen LogP contribution in [0.4, 0.5) is 0 Å². The fraction of sp³-hybridized carbons (Fsp3) is 0.724. The summed E-state index contributed by atoms with van der Waals surface area (Å²) in [6.45, 7) is 14.9. The lowest BCUT2D eigenvalue weighted by molar-refractivity contribution is -0.155. The molecule has 41 heavy (non-hydrogen) atoms. The summed E-state index contributed by atoms with van der Waals surface area (Å²) in [6, 6.07) is 1.21. The topological polar surface area (TPSA) is 140 Å². The Morgan fingerprint density at radius 2 is 1.78 bits per heavy atom. The molecule has 1 unspecified atom stereocenters. The van der Waals surface area contributed by atoms with E-state index in [0.29, 0.717) is 19.4 Å². The van der Waals surface area contributed by atoms with E-state index >= 15 is 0 Å². The molecule has 3 rings (SSSR count). The number of aliphatic hydroxyl groups excluding tert-OH is 1. The van der Waals surface area contributed by atoms with E-state index in [1.165, 1.54) is 16.8 Å². The number of nitrogens with one attached hydrogen (secondary N) is 1. The van der Waals surface area contributed by atoms with Gasteiger partial charge in [-0.1, -0.05) is 61.0 Å². The van der Waals surface area contributed by atoms with E-state index in [9.17, 15) is 24.3 Å². The van der Waals surface area contributed by atoms with Crippen LogP contribution < -0.4 is 11.2 Å². The highest BCUT2D eigenvalue weighted by molar-refractivity contribution is 6.77. The van der Waals surface area contributed by atoms with Crippen LogP contribution in [0.3, 0.4) is 0 Å². The molecule has 230 valence electrons. The molecule has 0 aromatic carbocycles. The number of hydrogen-bond donors (Lipinski definition) is 2. The average Bonchev–Trinajstić information content (AvgIpc) is 3.42. The maximum absolute atomic E-state index is 13.2. The second-order valence-electron chi connectivity index (χ2n) is 11.9. The number of aliphatic hydroxyl groups is 1. The van der Waals surface area contributed by atoms with Crippen LogP contribution in [-0.2, 0) is 23.5 Å². The molecule has 11 nitrogen and oxygen atoms in total. The van der Waals surface area contributed by atoms with Crippen molar-refractivity contribution in [3.8, 4) is 0 Å². The number of H-pyrrole nitrogens is 1. The van der Waals surface area contributed by atoms with Crippen LogP contribution in [-0.4, -0.2) is 71.2 Å². The number of nitrogens with zero attached hydrogens (tertiary/aromatic N) is 2. The number of ether oxygens (including phenoxy) is 2. The van der Waals surface area contributed by atoms with Crippen molar-refractivity contribution in [1.82, 2.24) is 14.5 Å². The molecule has 0 spiro atoms. The van der Waals surface area contributed by atoms with E-state index < -0.39 is 56.7 Å². The van der Waals surface area contributed by atoms with Gasteiger partial charge in [-0.25, -0.2) is 4.79 Å². The molecule has 4 atom stereocenters. The van der Waals surface area contributed by atoms with Crippen molar-refractivity contribution in [3.63, 3.8) is 0 Å². The lowest BCUT2D eigenvalue weighted by Crippen LogP contribution is -2.54. The normalized spacial score (nSPS) is 24.4. The first kappa shape index (κ1) is 33.0. The molecule has 1 aromatic rings. The number of aromatic nitrogens is 2. The lowest BCUT2D eigenvalue weighted by Gasteiger charge is -2.45. The summed E-state index contributed by atoms with van der Waals surface area (Å²) >= 11 is 0. The summed E-state index contributed by atoms with van der Waals surface area (Å²) in [5.41, 5.74) is 0.118. The van der Waals surface area contributed by atoms with Crippen molar-refractivity contribution in [2.75, 3.05) is 13.2 Å². The first-order chi connectivity index (χ1) is 19.4. The van der Waals surface area contributed by atoms with Gasteiger partial charge in [-0.3, -0.25) is 23.9 Å². The zero-order valence-electron chi connectivity index (χ0n) is 25.4. The van der Waals surface area contributed by atoms with Gasteiger partial charge in [-0.2, -0.15) is 0 Å².